The van der Waals surface area contributed by atoms with Crippen LogP contribution in [0.15, 0.2) is 12.1 Å². The molecular weight excluding hydrogens is 648 g/mol. The number of likely N-dealkylation sites (N-methyl/N-ethyl adjacent to an activating group) is 1. The van der Waals surface area contributed by atoms with Gasteiger partial charge in [-0.2, -0.15) is 15.2 Å². The number of nitrogens with zero attached hydrogens (tertiary/aromatic N) is 5. The Morgan fingerprint density at radius 2 is 2.09 bits per heavy atom. The maximum absolute atomic E-state index is 15.0. The summed E-state index contributed by atoms with van der Waals surface area (Å²) >= 11 is 8.32. The van der Waals surface area contributed by atoms with Gasteiger partial charge in [-0.1, -0.05) is 17.7 Å². The number of rotatable bonds is 6. The maximum atomic E-state index is 15.0. The van der Waals surface area contributed by atoms with Crippen molar-refractivity contribution in [2.45, 2.75) is 63.1 Å². The number of piperidine rings is 1. The predicted molar refractivity (Wildman–Crippen MR) is 176 cm³/mol. The number of anilines is 2. The van der Waals surface area contributed by atoms with Gasteiger partial charge in [-0.3, -0.25) is 9.69 Å². The van der Waals surface area contributed by atoms with Gasteiger partial charge < -0.3 is 25.4 Å². The number of thiophene rings is 1. The summed E-state index contributed by atoms with van der Waals surface area (Å²) in [5.74, 6) is -0.137. The van der Waals surface area contributed by atoms with Crippen molar-refractivity contribution < 1.29 is 23.0 Å². The zero-order chi connectivity index (χ0) is 32.6. The molecule has 0 aliphatic carbocycles. The number of nitrogen functional groups attached to an aromatic ring is 1. The zero-order valence-electron chi connectivity index (χ0n) is 25.7. The molecule has 0 saturated carbocycles. The van der Waals surface area contributed by atoms with Crippen LogP contribution < -0.4 is 15.8 Å². The number of ether oxygens (including phenoxy) is 2. The molecule has 8 rings (SSSR count). The number of nitriles is 1. The lowest BCUT2D eigenvalue weighted by molar-refractivity contribution is -0.132. The fraction of sp³-hybridized carbons (Fsp3) is 0.455. The largest absolute Gasteiger partial charge is 0.461 e. The second kappa shape index (κ2) is 11.4. The molecule has 1 amide bonds. The summed E-state index contributed by atoms with van der Waals surface area (Å²) in [6.45, 7) is 2.53. The van der Waals surface area contributed by atoms with Gasteiger partial charge in [-0.05, 0) is 55.0 Å². The van der Waals surface area contributed by atoms with Gasteiger partial charge in [0.25, 0.3) is 0 Å². The number of nitrogens with one attached hydrogen (secondary N) is 1. The Morgan fingerprint density at radius 1 is 1.26 bits per heavy atom. The molecule has 6 heterocycles. The van der Waals surface area contributed by atoms with E-state index in [-0.39, 0.29) is 52.0 Å². The quantitative estimate of drug-likeness (QED) is 0.261. The van der Waals surface area contributed by atoms with Gasteiger partial charge in [-0.25, -0.2) is 8.78 Å². The number of halogens is 3. The summed E-state index contributed by atoms with van der Waals surface area (Å²) in [5, 5.41) is 14.8. The average molecular weight is 680 g/mol. The first-order valence-electron chi connectivity index (χ1n) is 15.8. The fourth-order valence-corrected chi connectivity index (χ4v) is 9.25. The van der Waals surface area contributed by atoms with Gasteiger partial charge in [-0.15, -0.1) is 11.3 Å². The molecule has 244 valence electrons. The van der Waals surface area contributed by atoms with Crippen LogP contribution in [0.1, 0.15) is 48.8 Å². The third-order valence-corrected chi connectivity index (χ3v) is 11.6. The minimum Gasteiger partial charge on any atom is -0.461 e. The molecule has 3 fully saturated rings. The molecule has 4 aliphatic rings. The van der Waals surface area contributed by atoms with Crippen molar-refractivity contribution >= 4 is 60.7 Å². The van der Waals surface area contributed by atoms with Crippen LogP contribution in [0, 0.1) is 17.1 Å². The normalized spacial score (nSPS) is 24.2. The van der Waals surface area contributed by atoms with Gasteiger partial charge in [0, 0.05) is 37.5 Å². The first-order valence-corrected chi connectivity index (χ1v) is 17.0. The summed E-state index contributed by atoms with van der Waals surface area (Å²) in [7, 11) is 1.78. The van der Waals surface area contributed by atoms with E-state index in [1.54, 1.807) is 18.0 Å². The minimum atomic E-state index is -0.917. The van der Waals surface area contributed by atoms with Gasteiger partial charge in [0.2, 0.25) is 5.91 Å². The lowest BCUT2D eigenvalue weighted by Gasteiger charge is -2.31. The summed E-state index contributed by atoms with van der Waals surface area (Å²) in [6, 6.07) is 4.61. The number of alkyl halides is 1. The Kier molecular flexibility index (Phi) is 7.40. The molecule has 2 aromatic carbocycles. The van der Waals surface area contributed by atoms with Crippen LogP contribution in [0.5, 0.6) is 6.01 Å². The Labute approximate surface area is 278 Å². The van der Waals surface area contributed by atoms with Crippen molar-refractivity contribution in [3.05, 3.63) is 39.7 Å². The molecule has 0 radical (unpaired) electrons. The van der Waals surface area contributed by atoms with Crippen molar-refractivity contribution in [3.63, 3.8) is 0 Å². The second-order valence-corrected chi connectivity index (χ2v) is 14.4. The number of carbonyl (C=O) groups is 1. The van der Waals surface area contributed by atoms with E-state index in [0.717, 1.165) is 48.3 Å². The number of hydrogen-bond donors (Lipinski definition) is 2. The van der Waals surface area contributed by atoms with Crippen LogP contribution in [0.25, 0.3) is 32.1 Å². The van der Waals surface area contributed by atoms with Crippen molar-refractivity contribution in [2.75, 3.05) is 44.3 Å². The van der Waals surface area contributed by atoms with E-state index in [2.05, 4.69) is 16.3 Å². The predicted octanol–water partition coefficient (Wildman–Crippen LogP) is 5.78. The van der Waals surface area contributed by atoms with Crippen LogP contribution in [-0.2, 0) is 22.7 Å². The van der Waals surface area contributed by atoms with E-state index in [4.69, 9.17) is 36.8 Å². The molecule has 4 aliphatic heterocycles. The number of likely N-dealkylation sites (tertiary alicyclic amines) is 1. The third kappa shape index (κ3) is 4.79. The Bertz CT molecular complexity index is 2020. The SMILES string of the molecule is CN1CCCC(Nc2nc(OCC34CCCN3CC(F)C4)nc3c(Cl)c(-c4ccc(F)c5sc(N)c(C#N)c45)c4c(c23)COC4)C1=O. The van der Waals surface area contributed by atoms with E-state index in [1.165, 1.54) is 6.07 Å². The summed E-state index contributed by atoms with van der Waals surface area (Å²) in [6.07, 6.45) is 2.69. The third-order valence-electron chi connectivity index (χ3n) is 10.2. The van der Waals surface area contributed by atoms with Crippen LogP contribution >= 0.6 is 22.9 Å². The highest BCUT2D eigenvalue weighted by Crippen LogP contribution is 2.49. The molecular formula is C33H32ClF2N7O3S. The summed E-state index contributed by atoms with van der Waals surface area (Å²) in [4.78, 5) is 26.7. The van der Waals surface area contributed by atoms with E-state index >= 15 is 4.39 Å². The molecule has 4 aromatic rings. The molecule has 2 aromatic heterocycles. The number of hydrogen-bond acceptors (Lipinski definition) is 10. The van der Waals surface area contributed by atoms with Gasteiger partial charge in [0.15, 0.2) is 0 Å². The molecule has 3 unspecified atom stereocenters. The fourth-order valence-electron chi connectivity index (χ4n) is 7.95. The van der Waals surface area contributed by atoms with E-state index in [1.807, 2.05) is 0 Å². The number of carbonyl (C=O) groups excluding carboxylic acids is 1. The van der Waals surface area contributed by atoms with Gasteiger partial charge >= 0.3 is 6.01 Å². The van der Waals surface area contributed by atoms with Gasteiger partial charge in [0.05, 0.1) is 44.9 Å². The lowest BCUT2D eigenvalue weighted by Crippen LogP contribution is -2.45. The summed E-state index contributed by atoms with van der Waals surface area (Å²) in [5.41, 5.74) is 8.93. The highest BCUT2D eigenvalue weighted by Gasteiger charge is 2.49. The molecule has 0 bridgehead atoms. The van der Waals surface area contributed by atoms with Crippen LogP contribution in [-0.4, -0.2) is 76.7 Å². The number of fused-ring (bicyclic) bond motifs is 5. The lowest BCUT2D eigenvalue weighted by atomic mass is 9.91. The minimum absolute atomic E-state index is 0.0469. The van der Waals surface area contributed by atoms with Crippen molar-refractivity contribution in [2.24, 2.45) is 0 Å². The first-order chi connectivity index (χ1) is 22.7. The van der Waals surface area contributed by atoms with Crippen LogP contribution in [0.4, 0.5) is 19.6 Å². The Hall–Kier alpha value is -3.83. The monoisotopic (exact) mass is 679 g/mol. The number of amides is 1. The molecule has 47 heavy (non-hydrogen) atoms. The average Bonchev–Trinajstić information content (AvgIpc) is 3.82. The number of benzene rings is 2. The zero-order valence-corrected chi connectivity index (χ0v) is 27.2. The molecule has 0 spiro atoms. The molecule has 14 heteroatoms. The maximum Gasteiger partial charge on any atom is 0.319 e. The standard InChI is InChI=1S/C33H32ClF2N7O3S/c1-42-8-2-4-22(31(42)44)39-30-25-20-14-45-13-19(20)23(17-5-6-21(36)28-24(17)18(11-37)29(38)47-28)26(34)27(25)40-32(41-30)46-15-33-7-3-9-43(33)12-16(35)10-33/h5-6,16,22H,2-4,7-10,12-15,38H2,1H3,(H,39,40,41). The molecule has 3 saturated heterocycles. The smallest absolute Gasteiger partial charge is 0.319 e. The van der Waals surface area contributed by atoms with Crippen molar-refractivity contribution in [1.29, 1.82) is 5.26 Å². The number of nitrogens with two attached hydrogens (primary N) is 1. The van der Waals surface area contributed by atoms with Gasteiger partial charge in [0.1, 0.15) is 41.5 Å². The summed E-state index contributed by atoms with van der Waals surface area (Å²) < 4.78 is 42.1. The van der Waals surface area contributed by atoms with Crippen molar-refractivity contribution in [3.8, 4) is 23.2 Å². The van der Waals surface area contributed by atoms with E-state index in [9.17, 15) is 14.4 Å². The Morgan fingerprint density at radius 3 is 2.91 bits per heavy atom. The molecule has 3 atom stereocenters. The van der Waals surface area contributed by atoms with Crippen LogP contribution in [0.2, 0.25) is 5.02 Å². The second-order valence-electron chi connectivity index (χ2n) is 12.9. The highest BCUT2D eigenvalue weighted by molar-refractivity contribution is 7.23. The molecule has 3 N–H and O–H groups in total. The topological polar surface area (TPSA) is 130 Å². The molecule has 10 nitrogen and oxygen atoms in total. The Balaban J connectivity index is 1.32. The van der Waals surface area contributed by atoms with Crippen LogP contribution in [0.3, 0.4) is 0 Å². The first kappa shape index (κ1) is 30.5. The number of aromatic nitrogens is 2. The van der Waals surface area contributed by atoms with E-state index in [0.29, 0.717) is 59.2 Å². The highest BCUT2D eigenvalue weighted by atomic mass is 35.5. The van der Waals surface area contributed by atoms with Crippen molar-refractivity contribution in [1.82, 2.24) is 19.8 Å². The van der Waals surface area contributed by atoms with E-state index < -0.39 is 23.6 Å².